The van der Waals surface area contributed by atoms with Crippen molar-refractivity contribution in [2.45, 2.75) is 13.5 Å². The summed E-state index contributed by atoms with van der Waals surface area (Å²) in [6.45, 7) is 2.67. The number of carbonyl (C=O) groups excluding carboxylic acids is 1. The Morgan fingerprint density at radius 1 is 1.65 bits per heavy atom. The van der Waals surface area contributed by atoms with E-state index < -0.39 is 5.97 Å². The Bertz CT molecular complexity index is 545. The van der Waals surface area contributed by atoms with E-state index >= 15 is 0 Å². The molecule has 0 aromatic carbocycles. The van der Waals surface area contributed by atoms with Crippen LogP contribution in [0.15, 0.2) is 22.7 Å². The maximum Gasteiger partial charge on any atom is 0.374 e. The minimum absolute atomic E-state index is 0.0800. The Labute approximate surface area is 103 Å². The zero-order chi connectivity index (χ0) is 12.4. The molecule has 0 atom stereocenters. The highest BCUT2D eigenvalue weighted by molar-refractivity contribution is 6.31. The van der Waals surface area contributed by atoms with Crippen LogP contribution in [0, 0.1) is 0 Å². The molecular weight excluding hydrogens is 244 g/mol. The van der Waals surface area contributed by atoms with Gasteiger partial charge in [0, 0.05) is 18.8 Å². The largest absolute Gasteiger partial charge is 0.463 e. The van der Waals surface area contributed by atoms with Crippen LogP contribution in [0.4, 0.5) is 0 Å². The van der Waals surface area contributed by atoms with Gasteiger partial charge in [0.25, 0.3) is 0 Å². The van der Waals surface area contributed by atoms with E-state index in [1.165, 1.54) is 7.11 Å². The third-order valence-electron chi connectivity index (χ3n) is 2.37. The molecule has 90 valence electrons. The molecule has 5 nitrogen and oxygen atoms in total. The van der Waals surface area contributed by atoms with Crippen molar-refractivity contribution in [3.8, 4) is 11.3 Å². The Hall–Kier alpha value is -1.75. The molecule has 0 bridgehead atoms. The predicted octanol–water partition coefficient (Wildman–Crippen LogP) is 2.60. The van der Waals surface area contributed by atoms with Crippen molar-refractivity contribution < 1.29 is 13.9 Å². The lowest BCUT2D eigenvalue weighted by molar-refractivity contribution is 0.0565. The number of furan rings is 1. The Morgan fingerprint density at radius 2 is 2.41 bits per heavy atom. The quantitative estimate of drug-likeness (QED) is 0.790. The molecule has 0 aliphatic rings. The number of ether oxygens (including phenoxy) is 1. The molecule has 0 fully saturated rings. The monoisotopic (exact) mass is 254 g/mol. The van der Waals surface area contributed by atoms with E-state index in [1.807, 2.05) is 6.92 Å². The minimum atomic E-state index is -0.555. The molecule has 2 aromatic heterocycles. The van der Waals surface area contributed by atoms with E-state index in [-0.39, 0.29) is 11.0 Å². The van der Waals surface area contributed by atoms with Gasteiger partial charge in [-0.3, -0.25) is 4.68 Å². The SMILES string of the molecule is CCn1nccc1-c1cc(C(=O)OC)oc1Cl. The van der Waals surface area contributed by atoms with E-state index in [2.05, 4.69) is 9.84 Å². The molecule has 0 spiro atoms. The summed E-state index contributed by atoms with van der Waals surface area (Å²) in [6.07, 6.45) is 1.67. The van der Waals surface area contributed by atoms with Crippen molar-refractivity contribution in [3.63, 3.8) is 0 Å². The Balaban J connectivity index is 2.46. The lowest BCUT2D eigenvalue weighted by atomic mass is 10.2. The average Bonchev–Trinajstić information content (AvgIpc) is 2.93. The first-order valence-electron chi connectivity index (χ1n) is 5.07. The summed E-state index contributed by atoms with van der Waals surface area (Å²) < 4.78 is 11.5. The maximum absolute atomic E-state index is 11.3. The van der Waals surface area contributed by atoms with Crippen LogP contribution < -0.4 is 0 Å². The van der Waals surface area contributed by atoms with Crippen LogP contribution >= 0.6 is 11.6 Å². The molecule has 0 aliphatic heterocycles. The number of nitrogens with zero attached hydrogens (tertiary/aromatic N) is 2. The van der Waals surface area contributed by atoms with E-state index in [0.29, 0.717) is 12.1 Å². The van der Waals surface area contributed by atoms with Crippen molar-refractivity contribution in [1.29, 1.82) is 0 Å². The molecule has 0 unspecified atom stereocenters. The van der Waals surface area contributed by atoms with Crippen LogP contribution in [0.1, 0.15) is 17.5 Å². The molecule has 17 heavy (non-hydrogen) atoms. The van der Waals surface area contributed by atoms with Gasteiger partial charge >= 0.3 is 5.97 Å². The van der Waals surface area contributed by atoms with Gasteiger partial charge < -0.3 is 9.15 Å². The number of halogens is 1. The van der Waals surface area contributed by atoms with Crippen LogP contribution in [0.2, 0.25) is 5.22 Å². The Morgan fingerprint density at radius 3 is 3.06 bits per heavy atom. The first kappa shape index (κ1) is 11.7. The number of aromatic nitrogens is 2. The molecular formula is C11H11ClN2O3. The number of hydrogen-bond acceptors (Lipinski definition) is 4. The standard InChI is InChI=1S/C11H11ClN2O3/c1-3-14-8(4-5-13-14)7-6-9(11(15)16-2)17-10(7)12/h4-6H,3H2,1-2H3. The summed E-state index contributed by atoms with van der Waals surface area (Å²) in [6, 6.07) is 3.36. The van der Waals surface area contributed by atoms with Crippen LogP contribution in [-0.2, 0) is 11.3 Å². The fraction of sp³-hybridized carbons (Fsp3) is 0.273. The van der Waals surface area contributed by atoms with Crippen molar-refractivity contribution in [3.05, 3.63) is 29.3 Å². The van der Waals surface area contributed by atoms with Gasteiger partial charge in [-0.1, -0.05) is 0 Å². The fourth-order valence-corrected chi connectivity index (χ4v) is 1.79. The van der Waals surface area contributed by atoms with Gasteiger partial charge in [0.15, 0.2) is 0 Å². The van der Waals surface area contributed by atoms with Crippen LogP contribution in [-0.4, -0.2) is 22.9 Å². The molecule has 0 radical (unpaired) electrons. The lowest BCUT2D eigenvalue weighted by Crippen LogP contribution is -1.99. The molecule has 2 heterocycles. The normalized spacial score (nSPS) is 10.5. The van der Waals surface area contributed by atoms with Gasteiger partial charge in [0.1, 0.15) is 0 Å². The summed E-state index contributed by atoms with van der Waals surface area (Å²) in [7, 11) is 1.29. The molecule has 0 saturated heterocycles. The van der Waals surface area contributed by atoms with Gasteiger partial charge in [-0.15, -0.1) is 0 Å². The average molecular weight is 255 g/mol. The predicted molar refractivity (Wildman–Crippen MR) is 62.0 cm³/mol. The van der Waals surface area contributed by atoms with Crippen LogP contribution in [0.3, 0.4) is 0 Å². The molecule has 0 N–H and O–H groups in total. The lowest BCUT2D eigenvalue weighted by Gasteiger charge is -2.01. The molecule has 0 aliphatic carbocycles. The smallest absolute Gasteiger partial charge is 0.374 e. The highest BCUT2D eigenvalue weighted by atomic mass is 35.5. The Kier molecular flexibility index (Phi) is 3.19. The number of carbonyl (C=O) groups is 1. The number of esters is 1. The minimum Gasteiger partial charge on any atom is -0.463 e. The molecule has 2 aromatic rings. The third kappa shape index (κ3) is 2.06. The summed E-state index contributed by atoms with van der Waals surface area (Å²) in [5.74, 6) is -0.475. The van der Waals surface area contributed by atoms with E-state index in [1.54, 1.807) is 23.0 Å². The highest BCUT2D eigenvalue weighted by Crippen LogP contribution is 2.31. The van der Waals surface area contributed by atoms with Crippen molar-refractivity contribution in [2.75, 3.05) is 7.11 Å². The maximum atomic E-state index is 11.3. The highest BCUT2D eigenvalue weighted by Gasteiger charge is 2.19. The molecule has 0 amide bonds. The topological polar surface area (TPSA) is 57.3 Å². The zero-order valence-electron chi connectivity index (χ0n) is 9.44. The van der Waals surface area contributed by atoms with Crippen molar-refractivity contribution in [1.82, 2.24) is 9.78 Å². The first-order chi connectivity index (χ1) is 8.17. The van der Waals surface area contributed by atoms with Crippen molar-refractivity contribution >= 4 is 17.6 Å². The van der Waals surface area contributed by atoms with Gasteiger partial charge in [-0.2, -0.15) is 5.10 Å². The van der Waals surface area contributed by atoms with Gasteiger partial charge in [0.05, 0.1) is 18.4 Å². The molecule has 0 saturated carbocycles. The second-order valence-corrected chi connectivity index (χ2v) is 3.67. The van der Waals surface area contributed by atoms with Crippen molar-refractivity contribution in [2.24, 2.45) is 0 Å². The van der Waals surface area contributed by atoms with Crippen LogP contribution in [0.5, 0.6) is 0 Å². The first-order valence-corrected chi connectivity index (χ1v) is 5.45. The van der Waals surface area contributed by atoms with Gasteiger partial charge in [0.2, 0.25) is 11.0 Å². The number of hydrogen-bond donors (Lipinski definition) is 0. The van der Waals surface area contributed by atoms with E-state index in [9.17, 15) is 4.79 Å². The van der Waals surface area contributed by atoms with E-state index in [0.717, 1.165) is 5.69 Å². The summed E-state index contributed by atoms with van der Waals surface area (Å²) >= 11 is 5.95. The summed E-state index contributed by atoms with van der Waals surface area (Å²) in [5, 5.41) is 4.28. The summed E-state index contributed by atoms with van der Waals surface area (Å²) in [5.41, 5.74) is 1.43. The number of methoxy groups -OCH3 is 1. The number of rotatable bonds is 3. The second kappa shape index (κ2) is 4.63. The zero-order valence-corrected chi connectivity index (χ0v) is 10.2. The third-order valence-corrected chi connectivity index (χ3v) is 2.65. The second-order valence-electron chi connectivity index (χ2n) is 3.32. The number of aryl methyl sites for hydroxylation is 1. The summed E-state index contributed by atoms with van der Waals surface area (Å²) in [4.78, 5) is 11.3. The van der Waals surface area contributed by atoms with E-state index in [4.69, 9.17) is 16.0 Å². The van der Waals surface area contributed by atoms with Gasteiger partial charge in [-0.05, 0) is 24.6 Å². The van der Waals surface area contributed by atoms with Gasteiger partial charge in [-0.25, -0.2) is 4.79 Å². The molecule has 2 rings (SSSR count). The fourth-order valence-electron chi connectivity index (χ4n) is 1.56. The molecule has 6 heteroatoms. The van der Waals surface area contributed by atoms with Crippen LogP contribution in [0.25, 0.3) is 11.3 Å².